The molecule has 30 heavy (non-hydrogen) atoms. The van der Waals surface area contributed by atoms with E-state index in [2.05, 4.69) is 10.2 Å². The molecule has 3 rings (SSSR count). The van der Waals surface area contributed by atoms with Crippen molar-refractivity contribution in [2.24, 2.45) is 5.92 Å². The molecule has 2 aromatic rings. The summed E-state index contributed by atoms with van der Waals surface area (Å²) < 4.78 is 5.47. The molecule has 2 atom stereocenters. The molecule has 0 bridgehead atoms. The first-order valence-corrected chi connectivity index (χ1v) is 10.6. The molecule has 2 unspecified atom stereocenters. The Morgan fingerprint density at radius 3 is 2.27 bits per heavy atom. The standard InChI is InChI=1S/C24H31N3O3/c1-4-18(2)22(25-23(28)19-10-6-5-7-11-19)24(29)27-16-14-26(15-17-27)20-12-8-9-13-21(20)30-3/h5-13,18,22H,4,14-17H2,1-3H3,(H,25,28). The topological polar surface area (TPSA) is 61.9 Å². The average molecular weight is 410 g/mol. The molecule has 1 saturated heterocycles. The van der Waals surface area contributed by atoms with Gasteiger partial charge in [0.2, 0.25) is 5.91 Å². The molecular weight excluding hydrogens is 378 g/mol. The molecular formula is C24H31N3O3. The summed E-state index contributed by atoms with van der Waals surface area (Å²) >= 11 is 0. The van der Waals surface area contributed by atoms with Crippen LogP contribution in [-0.4, -0.2) is 56.0 Å². The predicted molar refractivity (Wildman–Crippen MR) is 119 cm³/mol. The zero-order valence-electron chi connectivity index (χ0n) is 18.0. The van der Waals surface area contributed by atoms with Gasteiger partial charge in [0.25, 0.3) is 5.91 Å². The third-order valence-electron chi connectivity index (χ3n) is 5.82. The van der Waals surface area contributed by atoms with Crippen molar-refractivity contribution in [3.05, 3.63) is 60.2 Å². The number of carbonyl (C=O) groups excluding carboxylic acids is 2. The first-order chi connectivity index (χ1) is 14.5. The van der Waals surface area contributed by atoms with Crippen LogP contribution in [0.25, 0.3) is 0 Å². The highest BCUT2D eigenvalue weighted by Gasteiger charge is 2.32. The summed E-state index contributed by atoms with van der Waals surface area (Å²) in [6, 6.07) is 16.5. The number of para-hydroxylation sites is 2. The van der Waals surface area contributed by atoms with Gasteiger partial charge in [-0.3, -0.25) is 9.59 Å². The van der Waals surface area contributed by atoms with E-state index in [0.717, 1.165) is 30.9 Å². The average Bonchev–Trinajstić information content (AvgIpc) is 2.82. The lowest BCUT2D eigenvalue weighted by Gasteiger charge is -2.39. The first-order valence-electron chi connectivity index (χ1n) is 10.6. The van der Waals surface area contributed by atoms with Crippen LogP contribution < -0.4 is 15.0 Å². The summed E-state index contributed by atoms with van der Waals surface area (Å²) in [4.78, 5) is 30.1. The SMILES string of the molecule is CCC(C)C(NC(=O)c1ccccc1)C(=O)N1CCN(c2ccccc2OC)CC1. The molecule has 2 amide bonds. The van der Waals surface area contributed by atoms with Crippen molar-refractivity contribution < 1.29 is 14.3 Å². The maximum absolute atomic E-state index is 13.3. The van der Waals surface area contributed by atoms with E-state index in [1.54, 1.807) is 19.2 Å². The Labute approximate surface area is 178 Å². The van der Waals surface area contributed by atoms with Crippen molar-refractivity contribution in [1.29, 1.82) is 0 Å². The van der Waals surface area contributed by atoms with Crippen molar-refractivity contribution in [2.45, 2.75) is 26.3 Å². The lowest BCUT2D eigenvalue weighted by atomic mass is 9.97. The number of hydrogen-bond acceptors (Lipinski definition) is 4. The molecule has 0 spiro atoms. The third kappa shape index (κ3) is 4.93. The fraction of sp³-hybridized carbons (Fsp3) is 0.417. The summed E-state index contributed by atoms with van der Waals surface area (Å²) in [5, 5.41) is 2.98. The minimum absolute atomic E-state index is 0.00620. The molecule has 1 N–H and O–H groups in total. The highest BCUT2D eigenvalue weighted by atomic mass is 16.5. The van der Waals surface area contributed by atoms with E-state index in [1.807, 2.05) is 61.2 Å². The maximum Gasteiger partial charge on any atom is 0.251 e. The van der Waals surface area contributed by atoms with Crippen LogP contribution in [0.15, 0.2) is 54.6 Å². The second kappa shape index (κ2) is 10.1. The van der Waals surface area contributed by atoms with Crippen molar-refractivity contribution in [1.82, 2.24) is 10.2 Å². The van der Waals surface area contributed by atoms with E-state index < -0.39 is 6.04 Å². The number of carbonyl (C=O) groups is 2. The number of methoxy groups -OCH3 is 1. The second-order valence-electron chi connectivity index (χ2n) is 7.69. The van der Waals surface area contributed by atoms with E-state index >= 15 is 0 Å². The summed E-state index contributed by atoms with van der Waals surface area (Å²) in [7, 11) is 1.67. The van der Waals surface area contributed by atoms with Crippen LogP contribution in [0.1, 0.15) is 30.6 Å². The maximum atomic E-state index is 13.3. The molecule has 0 aliphatic carbocycles. The number of rotatable bonds is 7. The Kier molecular flexibility index (Phi) is 7.33. The number of anilines is 1. The molecule has 0 aromatic heterocycles. The van der Waals surface area contributed by atoms with Gasteiger partial charge in [-0.05, 0) is 30.2 Å². The van der Waals surface area contributed by atoms with Crippen LogP contribution in [0.5, 0.6) is 5.75 Å². The minimum Gasteiger partial charge on any atom is -0.495 e. The van der Waals surface area contributed by atoms with Crippen LogP contribution >= 0.6 is 0 Å². The second-order valence-corrected chi connectivity index (χ2v) is 7.69. The van der Waals surface area contributed by atoms with E-state index in [4.69, 9.17) is 4.74 Å². The molecule has 1 aliphatic heterocycles. The van der Waals surface area contributed by atoms with Crippen LogP contribution in [-0.2, 0) is 4.79 Å². The van der Waals surface area contributed by atoms with Gasteiger partial charge in [0, 0.05) is 31.7 Å². The largest absolute Gasteiger partial charge is 0.495 e. The quantitative estimate of drug-likeness (QED) is 0.763. The minimum atomic E-state index is -0.527. The molecule has 0 saturated carbocycles. The van der Waals surface area contributed by atoms with E-state index in [1.165, 1.54) is 0 Å². The van der Waals surface area contributed by atoms with Gasteiger partial charge in [0.15, 0.2) is 0 Å². The summed E-state index contributed by atoms with van der Waals surface area (Å²) in [6.45, 7) is 6.74. The van der Waals surface area contributed by atoms with Crippen LogP contribution in [0.3, 0.4) is 0 Å². The Morgan fingerprint density at radius 1 is 1.00 bits per heavy atom. The van der Waals surface area contributed by atoms with Crippen molar-refractivity contribution in [2.75, 3.05) is 38.2 Å². The molecule has 6 heteroatoms. The highest BCUT2D eigenvalue weighted by molar-refractivity contribution is 5.97. The molecule has 160 valence electrons. The molecule has 1 fully saturated rings. The molecule has 2 aromatic carbocycles. The van der Waals surface area contributed by atoms with Crippen LogP contribution in [0.4, 0.5) is 5.69 Å². The van der Waals surface area contributed by atoms with Crippen LogP contribution in [0.2, 0.25) is 0 Å². The number of nitrogens with zero attached hydrogens (tertiary/aromatic N) is 2. The number of ether oxygens (including phenoxy) is 1. The molecule has 1 heterocycles. The van der Waals surface area contributed by atoms with Gasteiger partial charge in [0.05, 0.1) is 12.8 Å². The zero-order chi connectivity index (χ0) is 21.5. The highest BCUT2D eigenvalue weighted by Crippen LogP contribution is 2.28. The lowest BCUT2D eigenvalue weighted by Crippen LogP contribution is -2.56. The Bertz CT molecular complexity index is 848. The van der Waals surface area contributed by atoms with Gasteiger partial charge in [-0.2, -0.15) is 0 Å². The summed E-state index contributed by atoms with van der Waals surface area (Å²) in [5.74, 6) is 0.678. The predicted octanol–water partition coefficient (Wildman–Crippen LogP) is 3.19. The lowest BCUT2D eigenvalue weighted by molar-refractivity contribution is -0.134. The number of nitrogens with one attached hydrogen (secondary N) is 1. The number of amides is 2. The van der Waals surface area contributed by atoms with E-state index in [9.17, 15) is 9.59 Å². The Balaban J connectivity index is 1.66. The van der Waals surface area contributed by atoms with Gasteiger partial charge < -0.3 is 19.9 Å². The molecule has 6 nitrogen and oxygen atoms in total. The summed E-state index contributed by atoms with van der Waals surface area (Å²) in [5.41, 5.74) is 1.61. The smallest absolute Gasteiger partial charge is 0.251 e. The van der Waals surface area contributed by atoms with Crippen molar-refractivity contribution >= 4 is 17.5 Å². The Morgan fingerprint density at radius 2 is 1.63 bits per heavy atom. The number of benzene rings is 2. The van der Waals surface area contributed by atoms with Gasteiger partial charge in [-0.1, -0.05) is 50.6 Å². The fourth-order valence-electron chi connectivity index (χ4n) is 3.75. The zero-order valence-corrected chi connectivity index (χ0v) is 18.0. The summed E-state index contributed by atoms with van der Waals surface area (Å²) in [6.07, 6.45) is 0.812. The number of piperazine rings is 1. The van der Waals surface area contributed by atoms with Crippen molar-refractivity contribution in [3.63, 3.8) is 0 Å². The van der Waals surface area contributed by atoms with E-state index in [-0.39, 0.29) is 17.7 Å². The van der Waals surface area contributed by atoms with Crippen molar-refractivity contribution in [3.8, 4) is 5.75 Å². The third-order valence-corrected chi connectivity index (χ3v) is 5.82. The van der Waals surface area contributed by atoms with Crippen LogP contribution in [0, 0.1) is 5.92 Å². The molecule has 0 radical (unpaired) electrons. The Hall–Kier alpha value is -3.02. The molecule has 1 aliphatic rings. The van der Waals surface area contributed by atoms with Gasteiger partial charge in [0.1, 0.15) is 11.8 Å². The van der Waals surface area contributed by atoms with E-state index in [0.29, 0.717) is 18.7 Å². The monoisotopic (exact) mass is 409 g/mol. The van der Waals surface area contributed by atoms with Gasteiger partial charge >= 0.3 is 0 Å². The van der Waals surface area contributed by atoms with Gasteiger partial charge in [-0.15, -0.1) is 0 Å². The fourth-order valence-corrected chi connectivity index (χ4v) is 3.75. The first kappa shape index (κ1) is 21.7. The van der Waals surface area contributed by atoms with Gasteiger partial charge in [-0.25, -0.2) is 0 Å². The number of hydrogen-bond donors (Lipinski definition) is 1. The normalized spacial score (nSPS) is 16.0.